The maximum absolute atomic E-state index is 13.5. The molecule has 2 heterocycles. The fourth-order valence-corrected chi connectivity index (χ4v) is 4.74. The van der Waals surface area contributed by atoms with Crippen molar-refractivity contribution in [1.82, 2.24) is 25.5 Å². The third-order valence-corrected chi connectivity index (χ3v) is 6.65. The number of hydrogen-bond acceptors (Lipinski definition) is 8. The minimum absolute atomic E-state index is 0.00483. The van der Waals surface area contributed by atoms with Crippen molar-refractivity contribution in [2.45, 2.75) is 77.0 Å². The molecule has 0 bridgehead atoms. The van der Waals surface area contributed by atoms with Gasteiger partial charge in [-0.3, -0.25) is 14.4 Å². The highest BCUT2D eigenvalue weighted by Crippen LogP contribution is 2.25. The van der Waals surface area contributed by atoms with Crippen molar-refractivity contribution in [2.75, 3.05) is 26.2 Å². The Hall–Kier alpha value is -3.53. The van der Waals surface area contributed by atoms with Gasteiger partial charge in [-0.1, -0.05) is 30.3 Å². The quantitative estimate of drug-likeness (QED) is 0.468. The summed E-state index contributed by atoms with van der Waals surface area (Å²) in [6.45, 7) is 7.78. The van der Waals surface area contributed by atoms with E-state index < -0.39 is 23.5 Å². The molecule has 39 heavy (non-hydrogen) atoms. The van der Waals surface area contributed by atoms with Gasteiger partial charge in [-0.25, -0.2) is 4.98 Å². The standard InChI is InChI=1S/C29H39N5O5/c1-29(2,3)39-25(35)14-13-22(28(37)34-17-15-30-16-18-34)32-27(36)23-19-24(38-21-11-7-8-12-21)33-26(31-23)20-9-5-4-6-10-20/h4-6,9-10,19,21-22,30H,7-8,11-18H2,1-3H3,(H,32,36)/t22-/m0/s1. The number of esters is 1. The molecule has 2 N–H and O–H groups in total. The maximum Gasteiger partial charge on any atom is 0.306 e. The number of nitrogens with zero attached hydrogens (tertiary/aromatic N) is 3. The fraction of sp³-hybridized carbons (Fsp3) is 0.552. The van der Waals surface area contributed by atoms with Gasteiger partial charge in [0.15, 0.2) is 5.82 Å². The average molecular weight is 538 g/mol. The molecule has 10 nitrogen and oxygen atoms in total. The molecular formula is C29H39N5O5. The summed E-state index contributed by atoms with van der Waals surface area (Å²) < 4.78 is 11.5. The highest BCUT2D eigenvalue weighted by molar-refractivity contribution is 5.96. The highest BCUT2D eigenvalue weighted by Gasteiger charge is 2.30. The summed E-state index contributed by atoms with van der Waals surface area (Å²) in [4.78, 5) is 50.2. The third kappa shape index (κ3) is 8.48. The third-order valence-electron chi connectivity index (χ3n) is 6.65. The number of carbonyl (C=O) groups is 3. The molecule has 1 aromatic carbocycles. The first kappa shape index (κ1) is 28.5. The summed E-state index contributed by atoms with van der Waals surface area (Å²) in [6, 6.07) is 10.0. The largest absolute Gasteiger partial charge is 0.474 e. The molecule has 4 rings (SSSR count). The molecular weight excluding hydrogens is 498 g/mol. The van der Waals surface area contributed by atoms with Crippen LogP contribution in [0.5, 0.6) is 5.88 Å². The van der Waals surface area contributed by atoms with Crippen LogP contribution in [0.4, 0.5) is 0 Å². The molecule has 10 heteroatoms. The molecule has 1 aromatic heterocycles. The molecule has 210 valence electrons. The lowest BCUT2D eigenvalue weighted by Crippen LogP contribution is -2.54. The Morgan fingerprint density at radius 3 is 2.44 bits per heavy atom. The van der Waals surface area contributed by atoms with Gasteiger partial charge < -0.3 is 25.0 Å². The van der Waals surface area contributed by atoms with Crippen LogP contribution in [-0.2, 0) is 14.3 Å². The van der Waals surface area contributed by atoms with Crippen LogP contribution in [0, 0.1) is 0 Å². The van der Waals surface area contributed by atoms with Gasteiger partial charge in [-0.15, -0.1) is 0 Å². The maximum atomic E-state index is 13.5. The van der Waals surface area contributed by atoms with Crippen molar-refractivity contribution in [3.63, 3.8) is 0 Å². The molecule has 1 saturated carbocycles. The van der Waals surface area contributed by atoms with Gasteiger partial charge >= 0.3 is 5.97 Å². The van der Waals surface area contributed by atoms with Crippen molar-refractivity contribution in [3.05, 3.63) is 42.1 Å². The van der Waals surface area contributed by atoms with E-state index in [1.54, 1.807) is 25.7 Å². The van der Waals surface area contributed by atoms with Gasteiger partial charge in [0, 0.05) is 44.2 Å². The Labute approximate surface area is 229 Å². The van der Waals surface area contributed by atoms with Crippen molar-refractivity contribution in [1.29, 1.82) is 0 Å². The topological polar surface area (TPSA) is 123 Å². The number of ether oxygens (including phenoxy) is 2. The summed E-state index contributed by atoms with van der Waals surface area (Å²) in [7, 11) is 0. The number of nitrogens with one attached hydrogen (secondary N) is 2. The monoisotopic (exact) mass is 537 g/mol. The first-order valence-electron chi connectivity index (χ1n) is 13.8. The number of amides is 2. The number of hydrogen-bond donors (Lipinski definition) is 2. The zero-order valence-corrected chi connectivity index (χ0v) is 23.1. The van der Waals surface area contributed by atoms with Gasteiger partial charge in [0.05, 0.1) is 0 Å². The van der Waals surface area contributed by atoms with E-state index in [1.807, 2.05) is 30.3 Å². The van der Waals surface area contributed by atoms with E-state index in [-0.39, 0.29) is 30.5 Å². The second-order valence-corrected chi connectivity index (χ2v) is 11.0. The van der Waals surface area contributed by atoms with E-state index in [9.17, 15) is 14.4 Å². The second kappa shape index (κ2) is 13.0. The molecule has 1 aliphatic carbocycles. The van der Waals surface area contributed by atoms with E-state index in [4.69, 9.17) is 9.47 Å². The normalized spacial score (nSPS) is 16.9. The molecule has 1 atom stereocenters. The zero-order chi connectivity index (χ0) is 27.8. The number of rotatable bonds is 9. The Balaban J connectivity index is 1.56. The lowest BCUT2D eigenvalue weighted by Gasteiger charge is -2.31. The van der Waals surface area contributed by atoms with Crippen LogP contribution in [0.1, 0.15) is 69.8 Å². The van der Waals surface area contributed by atoms with Crippen LogP contribution in [0.15, 0.2) is 36.4 Å². The summed E-state index contributed by atoms with van der Waals surface area (Å²) in [5.41, 5.74) is 0.220. The molecule has 1 aliphatic heterocycles. The first-order chi connectivity index (χ1) is 18.7. The average Bonchev–Trinajstić information content (AvgIpc) is 3.43. The predicted octanol–water partition coefficient (Wildman–Crippen LogP) is 3.12. The highest BCUT2D eigenvalue weighted by atomic mass is 16.6. The minimum Gasteiger partial charge on any atom is -0.474 e. The molecule has 0 radical (unpaired) electrons. The van der Waals surface area contributed by atoms with Crippen molar-refractivity contribution >= 4 is 17.8 Å². The van der Waals surface area contributed by atoms with E-state index in [0.29, 0.717) is 37.9 Å². The number of benzene rings is 1. The van der Waals surface area contributed by atoms with Gasteiger partial charge in [-0.05, 0) is 52.9 Å². The number of carbonyl (C=O) groups excluding carboxylic acids is 3. The Morgan fingerprint density at radius 1 is 1.08 bits per heavy atom. The van der Waals surface area contributed by atoms with E-state index in [0.717, 1.165) is 31.2 Å². The van der Waals surface area contributed by atoms with E-state index in [2.05, 4.69) is 20.6 Å². The molecule has 0 spiro atoms. The van der Waals surface area contributed by atoms with E-state index >= 15 is 0 Å². The van der Waals surface area contributed by atoms with Crippen LogP contribution in [0.25, 0.3) is 11.4 Å². The molecule has 2 fully saturated rings. The van der Waals surface area contributed by atoms with E-state index in [1.165, 1.54) is 6.07 Å². The predicted molar refractivity (Wildman–Crippen MR) is 146 cm³/mol. The summed E-state index contributed by atoms with van der Waals surface area (Å²) in [6.07, 6.45) is 4.25. The Bertz CT molecular complexity index is 1140. The molecule has 1 saturated heterocycles. The number of piperazine rings is 1. The zero-order valence-electron chi connectivity index (χ0n) is 23.1. The fourth-order valence-electron chi connectivity index (χ4n) is 4.74. The SMILES string of the molecule is CC(C)(C)OC(=O)CC[C@H](NC(=O)c1cc(OC2CCCC2)nc(-c2ccccc2)n1)C(=O)N1CCNCC1. The van der Waals surface area contributed by atoms with Crippen LogP contribution in [0.3, 0.4) is 0 Å². The molecule has 0 unspecified atom stereocenters. The van der Waals surface area contributed by atoms with Gasteiger partial charge in [-0.2, -0.15) is 4.98 Å². The Kier molecular flexibility index (Phi) is 9.50. The number of aromatic nitrogens is 2. The summed E-state index contributed by atoms with van der Waals surface area (Å²) in [5.74, 6) is -0.471. The van der Waals surface area contributed by atoms with Gasteiger partial charge in [0.2, 0.25) is 11.8 Å². The van der Waals surface area contributed by atoms with Crippen molar-refractivity contribution in [3.8, 4) is 17.3 Å². The molecule has 2 amide bonds. The lowest BCUT2D eigenvalue weighted by atomic mass is 10.1. The first-order valence-corrected chi connectivity index (χ1v) is 13.8. The second-order valence-electron chi connectivity index (χ2n) is 11.0. The summed E-state index contributed by atoms with van der Waals surface area (Å²) >= 11 is 0. The van der Waals surface area contributed by atoms with Crippen molar-refractivity contribution in [2.24, 2.45) is 0 Å². The van der Waals surface area contributed by atoms with Crippen LogP contribution >= 0.6 is 0 Å². The van der Waals surface area contributed by atoms with Gasteiger partial charge in [0.1, 0.15) is 23.4 Å². The van der Waals surface area contributed by atoms with Crippen LogP contribution < -0.4 is 15.4 Å². The van der Waals surface area contributed by atoms with Crippen molar-refractivity contribution < 1.29 is 23.9 Å². The summed E-state index contributed by atoms with van der Waals surface area (Å²) in [5, 5.41) is 6.07. The smallest absolute Gasteiger partial charge is 0.306 e. The Morgan fingerprint density at radius 2 is 1.77 bits per heavy atom. The molecule has 2 aliphatic rings. The minimum atomic E-state index is -0.905. The molecule has 2 aromatic rings. The van der Waals surface area contributed by atoms with Crippen LogP contribution in [0.2, 0.25) is 0 Å². The van der Waals surface area contributed by atoms with Gasteiger partial charge in [0.25, 0.3) is 5.91 Å². The van der Waals surface area contributed by atoms with Crippen LogP contribution in [-0.4, -0.2) is 76.6 Å². The lowest BCUT2D eigenvalue weighted by molar-refractivity contribution is -0.155.